The van der Waals surface area contributed by atoms with Crippen molar-refractivity contribution in [3.05, 3.63) is 46.6 Å². The second-order valence-corrected chi connectivity index (χ2v) is 6.98. The van der Waals surface area contributed by atoms with Gasteiger partial charge in [-0.05, 0) is 49.5 Å². The maximum absolute atomic E-state index is 5.98. The molecule has 0 atom stereocenters. The number of halogens is 1. The molecule has 0 amide bonds. The van der Waals surface area contributed by atoms with E-state index in [9.17, 15) is 0 Å². The zero-order chi connectivity index (χ0) is 16.5. The minimum atomic E-state index is -0.393. The fourth-order valence-electron chi connectivity index (χ4n) is 3.45. The Hall–Kier alpha value is -1.51. The van der Waals surface area contributed by atoms with Gasteiger partial charge in [0, 0.05) is 23.4 Å². The molecule has 4 rings (SSSR count). The third-order valence-electron chi connectivity index (χ3n) is 4.81. The van der Waals surface area contributed by atoms with Gasteiger partial charge in [0.25, 0.3) is 0 Å². The normalized spacial score (nSPS) is 24.1. The third kappa shape index (κ3) is 3.31. The van der Waals surface area contributed by atoms with Gasteiger partial charge < -0.3 is 9.47 Å². The molecule has 1 aliphatic carbocycles. The lowest BCUT2D eigenvalue weighted by Crippen LogP contribution is -2.48. The summed E-state index contributed by atoms with van der Waals surface area (Å²) in [4.78, 5) is 5.86. The number of benzene rings is 1. The molecule has 3 aliphatic rings. The first-order valence-corrected chi connectivity index (χ1v) is 8.77. The van der Waals surface area contributed by atoms with Crippen LogP contribution in [0.5, 0.6) is 0 Å². The van der Waals surface area contributed by atoms with E-state index in [1.807, 2.05) is 24.3 Å². The van der Waals surface area contributed by atoms with Crippen LogP contribution in [0.2, 0.25) is 5.02 Å². The van der Waals surface area contributed by atoms with Gasteiger partial charge in [-0.25, -0.2) is 0 Å². The van der Waals surface area contributed by atoms with E-state index >= 15 is 0 Å². The van der Waals surface area contributed by atoms with E-state index in [1.54, 1.807) is 0 Å². The third-order valence-corrected chi connectivity index (χ3v) is 5.05. The van der Waals surface area contributed by atoms with Crippen molar-refractivity contribution in [2.75, 3.05) is 13.2 Å². The van der Waals surface area contributed by atoms with E-state index in [2.05, 4.69) is 23.4 Å². The van der Waals surface area contributed by atoms with Crippen LogP contribution >= 0.6 is 11.6 Å². The van der Waals surface area contributed by atoms with Crippen molar-refractivity contribution in [3.63, 3.8) is 0 Å². The topological polar surface area (TPSA) is 39.7 Å². The van der Waals surface area contributed by atoms with Crippen LogP contribution in [0.15, 0.2) is 36.0 Å². The standard InChI is InChI=1S/C19H20ClNO3/c20-16-4-1-3-15(13-16)5-6-17-14-18(24-21-17)7-9-19(10-8-18)22-11-2-12-23-19/h1,3-4,13-14,21H,2,7-12H2. The van der Waals surface area contributed by atoms with Crippen molar-refractivity contribution in [2.45, 2.75) is 43.5 Å². The van der Waals surface area contributed by atoms with Gasteiger partial charge in [0.2, 0.25) is 0 Å². The van der Waals surface area contributed by atoms with E-state index < -0.39 is 5.79 Å². The molecule has 2 heterocycles. The first-order valence-electron chi connectivity index (χ1n) is 8.40. The Kier molecular flexibility index (Phi) is 4.28. The van der Waals surface area contributed by atoms with Crippen LogP contribution in [-0.4, -0.2) is 24.6 Å². The molecule has 0 radical (unpaired) electrons. The second kappa shape index (κ2) is 6.42. The van der Waals surface area contributed by atoms with Crippen LogP contribution in [0.3, 0.4) is 0 Å². The predicted molar refractivity (Wildman–Crippen MR) is 91.1 cm³/mol. The molecule has 2 fully saturated rings. The van der Waals surface area contributed by atoms with Crippen molar-refractivity contribution in [2.24, 2.45) is 0 Å². The largest absolute Gasteiger partial charge is 0.350 e. The monoisotopic (exact) mass is 345 g/mol. The van der Waals surface area contributed by atoms with Crippen molar-refractivity contribution in [1.82, 2.24) is 5.48 Å². The molecule has 5 heteroatoms. The van der Waals surface area contributed by atoms with Gasteiger partial charge in [-0.1, -0.05) is 23.6 Å². The fourth-order valence-corrected chi connectivity index (χ4v) is 3.64. The number of hydrogen-bond donors (Lipinski definition) is 1. The van der Waals surface area contributed by atoms with E-state index in [1.165, 1.54) is 0 Å². The molecule has 1 aromatic rings. The molecule has 2 spiro atoms. The summed E-state index contributed by atoms with van der Waals surface area (Å²) in [7, 11) is 0. The molecule has 1 N–H and O–H groups in total. The highest BCUT2D eigenvalue weighted by Crippen LogP contribution is 2.43. The van der Waals surface area contributed by atoms with E-state index in [4.69, 9.17) is 25.9 Å². The van der Waals surface area contributed by atoms with Gasteiger partial charge in [-0.3, -0.25) is 10.3 Å². The number of rotatable bonds is 0. The lowest BCUT2D eigenvalue weighted by atomic mass is 9.81. The number of nitrogens with one attached hydrogen (secondary N) is 1. The summed E-state index contributed by atoms with van der Waals surface area (Å²) >= 11 is 5.98. The highest BCUT2D eigenvalue weighted by Gasteiger charge is 2.47. The Bertz CT molecular complexity index is 703. The van der Waals surface area contributed by atoms with Gasteiger partial charge in [-0.2, -0.15) is 0 Å². The van der Waals surface area contributed by atoms with Crippen LogP contribution in [0.1, 0.15) is 37.7 Å². The first kappa shape index (κ1) is 16.0. The zero-order valence-corrected chi connectivity index (χ0v) is 14.2. The Morgan fingerprint density at radius 3 is 2.58 bits per heavy atom. The van der Waals surface area contributed by atoms with Crippen LogP contribution < -0.4 is 5.48 Å². The maximum Gasteiger partial charge on any atom is 0.168 e. The second-order valence-electron chi connectivity index (χ2n) is 6.55. The molecule has 1 saturated carbocycles. The smallest absolute Gasteiger partial charge is 0.168 e. The molecule has 0 aromatic heterocycles. The quantitative estimate of drug-likeness (QED) is 0.730. The average Bonchev–Trinajstić information content (AvgIpc) is 3.01. The molecule has 24 heavy (non-hydrogen) atoms. The molecule has 1 saturated heterocycles. The van der Waals surface area contributed by atoms with Crippen LogP contribution in [-0.2, 0) is 14.3 Å². The summed E-state index contributed by atoms with van der Waals surface area (Å²) in [5.41, 5.74) is 4.36. The first-order chi connectivity index (χ1) is 11.7. The number of allylic oxidation sites excluding steroid dienone is 1. The van der Waals surface area contributed by atoms with Gasteiger partial charge in [0.05, 0.1) is 13.2 Å². The van der Waals surface area contributed by atoms with E-state index in [0.29, 0.717) is 5.02 Å². The molecule has 2 aliphatic heterocycles. The van der Waals surface area contributed by atoms with E-state index in [-0.39, 0.29) is 5.60 Å². The van der Waals surface area contributed by atoms with Crippen molar-refractivity contribution in [1.29, 1.82) is 0 Å². The van der Waals surface area contributed by atoms with Crippen molar-refractivity contribution < 1.29 is 14.3 Å². The Morgan fingerprint density at radius 2 is 1.83 bits per heavy atom. The maximum atomic E-state index is 5.98. The minimum Gasteiger partial charge on any atom is -0.350 e. The lowest BCUT2D eigenvalue weighted by Gasteiger charge is -2.44. The summed E-state index contributed by atoms with van der Waals surface area (Å²) < 4.78 is 11.8. The summed E-state index contributed by atoms with van der Waals surface area (Å²) in [6.45, 7) is 1.58. The molecule has 0 unspecified atom stereocenters. The zero-order valence-electron chi connectivity index (χ0n) is 13.4. The minimum absolute atomic E-state index is 0.298. The van der Waals surface area contributed by atoms with Crippen LogP contribution in [0.4, 0.5) is 0 Å². The predicted octanol–water partition coefficient (Wildman–Crippen LogP) is 3.56. The Labute approximate surface area is 147 Å². The van der Waals surface area contributed by atoms with Gasteiger partial charge in [0.15, 0.2) is 5.79 Å². The molecular weight excluding hydrogens is 326 g/mol. The van der Waals surface area contributed by atoms with Gasteiger partial charge in [-0.15, -0.1) is 0 Å². The number of hydrogen-bond acceptors (Lipinski definition) is 4. The van der Waals surface area contributed by atoms with Crippen molar-refractivity contribution >= 4 is 11.6 Å². The average molecular weight is 346 g/mol. The summed E-state index contributed by atoms with van der Waals surface area (Å²) in [5.74, 6) is 5.84. The molecule has 0 bridgehead atoms. The molecule has 4 nitrogen and oxygen atoms in total. The van der Waals surface area contributed by atoms with Crippen LogP contribution in [0.25, 0.3) is 0 Å². The molecule has 1 aromatic carbocycles. The highest BCUT2D eigenvalue weighted by molar-refractivity contribution is 6.30. The van der Waals surface area contributed by atoms with Gasteiger partial charge in [0.1, 0.15) is 11.3 Å². The lowest BCUT2D eigenvalue weighted by molar-refractivity contribution is -0.292. The number of ether oxygens (including phenoxy) is 2. The fraction of sp³-hybridized carbons (Fsp3) is 0.474. The van der Waals surface area contributed by atoms with E-state index in [0.717, 1.165) is 56.6 Å². The Balaban J connectivity index is 1.44. The summed E-state index contributed by atoms with van der Waals surface area (Å²) in [6, 6.07) is 7.52. The molecular formula is C19H20ClNO3. The summed E-state index contributed by atoms with van der Waals surface area (Å²) in [5, 5.41) is 0.688. The van der Waals surface area contributed by atoms with Crippen LogP contribution in [0, 0.1) is 11.8 Å². The number of hydroxylamine groups is 1. The SMILES string of the molecule is Clc1cccc(C#CC2=CC3(CCC4(CC3)OCCCO4)ON2)c1. The Morgan fingerprint density at radius 1 is 1.04 bits per heavy atom. The summed E-state index contributed by atoms with van der Waals surface area (Å²) in [6.07, 6.45) is 6.50. The molecule has 126 valence electrons. The highest BCUT2D eigenvalue weighted by atomic mass is 35.5. The van der Waals surface area contributed by atoms with Crippen molar-refractivity contribution in [3.8, 4) is 11.8 Å². The van der Waals surface area contributed by atoms with Gasteiger partial charge >= 0.3 is 0 Å².